The number of rotatable bonds is 8. The third-order valence-electron chi connectivity index (χ3n) is 3.61. The van der Waals surface area contributed by atoms with Crippen molar-refractivity contribution in [1.29, 1.82) is 0 Å². The number of amides is 2. The van der Waals surface area contributed by atoms with E-state index < -0.39 is 0 Å². The fraction of sp³-hybridized carbons (Fsp3) is 0.158. The van der Waals surface area contributed by atoms with Crippen LogP contribution in [-0.2, 0) is 11.3 Å². The first kappa shape index (κ1) is 19.8. The van der Waals surface area contributed by atoms with Crippen LogP contribution in [0.5, 0.6) is 5.75 Å². The molecule has 2 amide bonds. The smallest absolute Gasteiger partial charge is 0.286 e. The molecule has 7 nitrogen and oxygen atoms in total. The zero-order valence-corrected chi connectivity index (χ0v) is 16.7. The molecular formula is C19H18N4O3S2. The first-order valence-electron chi connectivity index (χ1n) is 8.36. The number of methoxy groups -OCH3 is 1. The molecule has 0 saturated carbocycles. The predicted octanol–water partition coefficient (Wildman–Crippen LogP) is 3.21. The minimum atomic E-state index is -0.344. The van der Waals surface area contributed by atoms with Crippen molar-refractivity contribution < 1.29 is 14.3 Å². The number of nitrogens with zero attached hydrogens (tertiary/aromatic N) is 2. The number of aromatic nitrogens is 2. The van der Waals surface area contributed by atoms with Gasteiger partial charge in [0.2, 0.25) is 10.9 Å². The Bertz CT molecular complexity index is 930. The van der Waals surface area contributed by atoms with E-state index in [1.54, 1.807) is 31.4 Å². The molecule has 3 rings (SSSR count). The van der Waals surface area contributed by atoms with Gasteiger partial charge in [0.15, 0.2) is 4.34 Å². The van der Waals surface area contributed by atoms with Crippen molar-refractivity contribution in [2.45, 2.75) is 10.9 Å². The summed E-state index contributed by atoms with van der Waals surface area (Å²) in [6, 6.07) is 16.7. The molecule has 28 heavy (non-hydrogen) atoms. The number of benzene rings is 2. The van der Waals surface area contributed by atoms with E-state index in [2.05, 4.69) is 20.8 Å². The van der Waals surface area contributed by atoms with Gasteiger partial charge in [-0.3, -0.25) is 9.59 Å². The Hall–Kier alpha value is -2.91. The zero-order chi connectivity index (χ0) is 19.8. The first-order valence-corrected chi connectivity index (χ1v) is 10.2. The average molecular weight is 415 g/mol. The van der Waals surface area contributed by atoms with E-state index in [0.29, 0.717) is 22.3 Å². The van der Waals surface area contributed by atoms with E-state index >= 15 is 0 Å². The maximum absolute atomic E-state index is 12.3. The summed E-state index contributed by atoms with van der Waals surface area (Å²) >= 11 is 2.40. The highest BCUT2D eigenvalue weighted by molar-refractivity contribution is 8.01. The molecule has 0 fully saturated rings. The highest BCUT2D eigenvalue weighted by Gasteiger charge is 2.14. The van der Waals surface area contributed by atoms with Crippen LogP contribution in [0.15, 0.2) is 58.9 Å². The largest absolute Gasteiger partial charge is 0.497 e. The van der Waals surface area contributed by atoms with Crippen molar-refractivity contribution in [1.82, 2.24) is 15.5 Å². The third-order valence-corrected chi connectivity index (χ3v) is 5.66. The van der Waals surface area contributed by atoms with E-state index in [4.69, 9.17) is 4.74 Å². The summed E-state index contributed by atoms with van der Waals surface area (Å²) in [7, 11) is 1.58. The van der Waals surface area contributed by atoms with Crippen molar-refractivity contribution in [3.63, 3.8) is 0 Å². The summed E-state index contributed by atoms with van der Waals surface area (Å²) in [5.74, 6) is 0.469. The van der Waals surface area contributed by atoms with Crippen molar-refractivity contribution in [3.8, 4) is 5.75 Å². The second-order valence-corrected chi connectivity index (χ2v) is 7.81. The van der Waals surface area contributed by atoms with E-state index in [9.17, 15) is 9.59 Å². The van der Waals surface area contributed by atoms with Crippen LogP contribution in [0.4, 0.5) is 5.69 Å². The molecule has 9 heteroatoms. The minimum absolute atomic E-state index is 0.103. The topological polar surface area (TPSA) is 93.2 Å². The Kier molecular flexibility index (Phi) is 6.99. The lowest BCUT2D eigenvalue weighted by Crippen LogP contribution is -2.24. The van der Waals surface area contributed by atoms with E-state index in [1.807, 2.05) is 30.3 Å². The van der Waals surface area contributed by atoms with E-state index in [0.717, 1.165) is 16.9 Å². The van der Waals surface area contributed by atoms with Crippen LogP contribution in [0.3, 0.4) is 0 Å². The SMILES string of the molecule is COc1ccc(NC(=O)c2nnc(SCC(=O)NCc3ccccc3)s2)cc1. The Morgan fingerprint density at radius 2 is 1.82 bits per heavy atom. The van der Waals surface area contributed by atoms with Gasteiger partial charge in [0.05, 0.1) is 12.9 Å². The molecule has 0 radical (unpaired) electrons. The summed E-state index contributed by atoms with van der Waals surface area (Å²) in [4.78, 5) is 24.2. The lowest BCUT2D eigenvalue weighted by molar-refractivity contribution is -0.118. The van der Waals surface area contributed by atoms with Gasteiger partial charge in [-0.15, -0.1) is 10.2 Å². The summed E-state index contributed by atoms with van der Waals surface area (Å²) < 4.78 is 5.65. The molecule has 0 aliphatic rings. The van der Waals surface area contributed by atoms with Crippen molar-refractivity contribution >= 4 is 40.6 Å². The Balaban J connectivity index is 1.46. The quantitative estimate of drug-likeness (QED) is 0.550. The van der Waals surface area contributed by atoms with E-state index in [-0.39, 0.29) is 22.6 Å². The van der Waals surface area contributed by atoms with Crippen LogP contribution in [-0.4, -0.2) is 34.9 Å². The molecular weight excluding hydrogens is 396 g/mol. The van der Waals surface area contributed by atoms with Crippen LogP contribution in [0.25, 0.3) is 0 Å². The van der Waals surface area contributed by atoms with Gasteiger partial charge in [-0.25, -0.2) is 0 Å². The highest BCUT2D eigenvalue weighted by Crippen LogP contribution is 2.23. The molecule has 0 aliphatic carbocycles. The summed E-state index contributed by atoms with van der Waals surface area (Å²) in [5.41, 5.74) is 1.67. The second kappa shape index (κ2) is 9.86. The monoisotopic (exact) mass is 414 g/mol. The maximum Gasteiger partial charge on any atom is 0.286 e. The Morgan fingerprint density at radius 1 is 1.07 bits per heavy atom. The van der Waals surface area contributed by atoms with Gasteiger partial charge in [-0.1, -0.05) is 53.4 Å². The van der Waals surface area contributed by atoms with Crippen molar-refractivity contribution in [2.75, 3.05) is 18.2 Å². The summed E-state index contributed by atoms with van der Waals surface area (Å²) in [6.45, 7) is 0.478. The Morgan fingerprint density at radius 3 is 2.54 bits per heavy atom. The number of anilines is 1. The summed E-state index contributed by atoms with van der Waals surface area (Å²) in [6.07, 6.45) is 0. The standard InChI is InChI=1S/C19H18N4O3S2/c1-26-15-9-7-14(8-10-15)21-17(25)18-22-23-19(28-18)27-12-16(24)20-11-13-5-3-2-4-6-13/h2-10H,11-12H2,1H3,(H,20,24)(H,21,25). The van der Waals surface area contributed by atoms with Gasteiger partial charge in [0.25, 0.3) is 5.91 Å². The number of ether oxygens (including phenoxy) is 1. The molecule has 0 unspecified atom stereocenters. The molecule has 0 aliphatic heterocycles. The molecule has 0 atom stereocenters. The van der Waals surface area contributed by atoms with Gasteiger partial charge in [0.1, 0.15) is 5.75 Å². The normalized spacial score (nSPS) is 10.3. The molecule has 1 aromatic heterocycles. The number of hydrogen-bond acceptors (Lipinski definition) is 7. The zero-order valence-electron chi connectivity index (χ0n) is 15.0. The van der Waals surface area contributed by atoms with Crippen LogP contribution >= 0.6 is 23.1 Å². The van der Waals surface area contributed by atoms with Gasteiger partial charge in [-0.2, -0.15) is 0 Å². The molecule has 3 aromatic rings. The molecule has 0 spiro atoms. The van der Waals surface area contributed by atoms with E-state index in [1.165, 1.54) is 11.8 Å². The minimum Gasteiger partial charge on any atom is -0.497 e. The van der Waals surface area contributed by atoms with Gasteiger partial charge < -0.3 is 15.4 Å². The third kappa shape index (κ3) is 5.80. The number of hydrogen-bond donors (Lipinski definition) is 2. The average Bonchev–Trinajstić information content (AvgIpc) is 3.21. The lowest BCUT2D eigenvalue weighted by atomic mass is 10.2. The van der Waals surface area contributed by atoms with Gasteiger partial charge in [-0.05, 0) is 29.8 Å². The van der Waals surface area contributed by atoms with Crippen LogP contribution in [0, 0.1) is 0 Å². The fourth-order valence-electron chi connectivity index (χ4n) is 2.19. The van der Waals surface area contributed by atoms with Crippen LogP contribution in [0.2, 0.25) is 0 Å². The lowest BCUT2D eigenvalue weighted by Gasteiger charge is -2.04. The molecule has 2 N–H and O–H groups in total. The second-order valence-electron chi connectivity index (χ2n) is 5.61. The number of nitrogens with one attached hydrogen (secondary N) is 2. The number of carbonyl (C=O) groups excluding carboxylic acids is 2. The fourth-order valence-corrected chi connectivity index (χ4v) is 3.77. The highest BCUT2D eigenvalue weighted by atomic mass is 32.2. The molecule has 0 bridgehead atoms. The van der Waals surface area contributed by atoms with Crippen molar-refractivity contribution in [2.24, 2.45) is 0 Å². The Labute approximate surface area is 170 Å². The predicted molar refractivity (Wildman–Crippen MR) is 110 cm³/mol. The maximum atomic E-state index is 12.3. The number of carbonyl (C=O) groups is 2. The van der Waals surface area contributed by atoms with Gasteiger partial charge >= 0.3 is 0 Å². The molecule has 1 heterocycles. The van der Waals surface area contributed by atoms with Crippen LogP contribution < -0.4 is 15.4 Å². The van der Waals surface area contributed by atoms with Crippen molar-refractivity contribution in [3.05, 3.63) is 65.2 Å². The first-order chi connectivity index (χ1) is 13.6. The number of thioether (sulfide) groups is 1. The van der Waals surface area contributed by atoms with Crippen LogP contribution in [0.1, 0.15) is 15.4 Å². The molecule has 0 saturated heterocycles. The molecule has 2 aromatic carbocycles. The summed E-state index contributed by atoms with van der Waals surface area (Å²) in [5, 5.41) is 13.7. The molecule has 144 valence electrons. The van der Waals surface area contributed by atoms with Gasteiger partial charge in [0, 0.05) is 12.2 Å².